The molecule has 1 fully saturated rings. The number of esters is 1. The van der Waals surface area contributed by atoms with Gasteiger partial charge in [-0.05, 0) is 54.1 Å². The molecule has 0 radical (unpaired) electrons. The summed E-state index contributed by atoms with van der Waals surface area (Å²) in [7, 11) is 1.40. The van der Waals surface area contributed by atoms with Crippen molar-refractivity contribution in [3.05, 3.63) is 103 Å². The number of aromatic nitrogens is 2. The standard InChI is InChI=1S/C27H25N3O4/c1-32-27(31)24-7-4-8-25(26(24)29-14-2-3-15-29)30-17-23(18-30)34-21-11-9-20(10-12-21)19-33-22-6-5-13-28-16-22/h2-16,23H,17-19H2,1H3. The minimum atomic E-state index is -0.355. The maximum atomic E-state index is 12.4. The van der Waals surface area contributed by atoms with Crippen molar-refractivity contribution >= 4 is 11.7 Å². The average molecular weight is 456 g/mol. The van der Waals surface area contributed by atoms with Crippen molar-refractivity contribution in [2.24, 2.45) is 0 Å². The van der Waals surface area contributed by atoms with E-state index >= 15 is 0 Å². The Kier molecular flexibility index (Phi) is 6.16. The molecule has 1 aliphatic rings. The third-order valence-electron chi connectivity index (χ3n) is 5.74. The number of hydrogen-bond acceptors (Lipinski definition) is 6. The SMILES string of the molecule is COC(=O)c1cccc(N2CC(Oc3ccc(COc4cccnc4)cc3)C2)c1-n1cccc1. The lowest BCUT2D eigenvalue weighted by atomic mass is 10.1. The molecule has 34 heavy (non-hydrogen) atoms. The van der Waals surface area contributed by atoms with Crippen LogP contribution in [0.25, 0.3) is 5.69 Å². The van der Waals surface area contributed by atoms with Gasteiger partial charge < -0.3 is 23.7 Å². The number of carbonyl (C=O) groups excluding carboxylic acids is 1. The van der Waals surface area contributed by atoms with Gasteiger partial charge in [0, 0.05) is 18.6 Å². The summed E-state index contributed by atoms with van der Waals surface area (Å²) in [5, 5.41) is 0. The summed E-state index contributed by atoms with van der Waals surface area (Å²) in [5.74, 6) is 1.21. The second-order valence-electron chi connectivity index (χ2n) is 8.02. The fraction of sp³-hybridized carbons (Fsp3) is 0.185. The molecule has 2 aromatic heterocycles. The second-order valence-corrected chi connectivity index (χ2v) is 8.02. The van der Waals surface area contributed by atoms with Crippen LogP contribution in [-0.2, 0) is 11.3 Å². The van der Waals surface area contributed by atoms with Gasteiger partial charge in [0.05, 0.1) is 43.3 Å². The van der Waals surface area contributed by atoms with Crippen LogP contribution in [0.1, 0.15) is 15.9 Å². The van der Waals surface area contributed by atoms with E-state index in [9.17, 15) is 4.79 Å². The predicted molar refractivity (Wildman–Crippen MR) is 129 cm³/mol. The lowest BCUT2D eigenvalue weighted by Crippen LogP contribution is -2.54. The fourth-order valence-electron chi connectivity index (χ4n) is 3.98. The largest absolute Gasteiger partial charge is 0.487 e. The van der Waals surface area contributed by atoms with E-state index in [0.717, 1.165) is 41.5 Å². The topological polar surface area (TPSA) is 65.8 Å². The molecule has 0 spiro atoms. The Morgan fingerprint density at radius 2 is 1.76 bits per heavy atom. The van der Waals surface area contributed by atoms with E-state index in [1.54, 1.807) is 18.5 Å². The Bertz CT molecular complexity index is 1230. The molecule has 3 heterocycles. The summed E-state index contributed by atoms with van der Waals surface area (Å²) < 4.78 is 18.9. The maximum Gasteiger partial charge on any atom is 0.340 e. The highest BCUT2D eigenvalue weighted by Gasteiger charge is 2.32. The molecular formula is C27H25N3O4. The molecule has 0 bridgehead atoms. The number of para-hydroxylation sites is 1. The Labute approximate surface area is 198 Å². The van der Waals surface area contributed by atoms with E-state index in [1.807, 2.05) is 77.6 Å². The molecule has 0 aliphatic carbocycles. The first-order valence-corrected chi connectivity index (χ1v) is 11.1. The number of pyridine rings is 1. The Hall–Kier alpha value is -4.26. The zero-order valence-electron chi connectivity index (χ0n) is 18.8. The number of benzene rings is 2. The van der Waals surface area contributed by atoms with Crippen LogP contribution < -0.4 is 14.4 Å². The van der Waals surface area contributed by atoms with Crippen molar-refractivity contribution in [3.63, 3.8) is 0 Å². The van der Waals surface area contributed by atoms with Crippen LogP contribution in [0.5, 0.6) is 11.5 Å². The molecular weight excluding hydrogens is 430 g/mol. The molecule has 2 aromatic carbocycles. The van der Waals surface area contributed by atoms with Crippen molar-refractivity contribution in [2.45, 2.75) is 12.7 Å². The van der Waals surface area contributed by atoms with Gasteiger partial charge in [-0.25, -0.2) is 4.79 Å². The van der Waals surface area contributed by atoms with Crippen LogP contribution in [0, 0.1) is 0 Å². The predicted octanol–water partition coefficient (Wildman–Crippen LogP) is 4.51. The minimum Gasteiger partial charge on any atom is -0.487 e. The number of carbonyl (C=O) groups is 1. The quantitative estimate of drug-likeness (QED) is 0.365. The first kappa shape index (κ1) is 21.6. The molecule has 1 saturated heterocycles. The Balaban J connectivity index is 1.22. The number of rotatable bonds is 8. The molecule has 0 amide bonds. The van der Waals surface area contributed by atoms with Gasteiger partial charge in [-0.2, -0.15) is 0 Å². The second kappa shape index (κ2) is 9.70. The van der Waals surface area contributed by atoms with Gasteiger partial charge >= 0.3 is 5.97 Å². The number of ether oxygens (including phenoxy) is 3. The molecule has 0 saturated carbocycles. The van der Waals surface area contributed by atoms with E-state index in [1.165, 1.54) is 7.11 Å². The van der Waals surface area contributed by atoms with Gasteiger partial charge in [0.1, 0.15) is 24.2 Å². The van der Waals surface area contributed by atoms with Gasteiger partial charge in [0.25, 0.3) is 0 Å². The minimum absolute atomic E-state index is 0.0665. The maximum absolute atomic E-state index is 12.4. The smallest absolute Gasteiger partial charge is 0.340 e. The van der Waals surface area contributed by atoms with E-state index in [0.29, 0.717) is 12.2 Å². The van der Waals surface area contributed by atoms with Crippen molar-refractivity contribution in [1.82, 2.24) is 9.55 Å². The third-order valence-corrected chi connectivity index (χ3v) is 5.74. The first-order valence-electron chi connectivity index (χ1n) is 11.1. The molecule has 4 aromatic rings. The molecule has 172 valence electrons. The summed E-state index contributed by atoms with van der Waals surface area (Å²) in [6.45, 7) is 1.93. The van der Waals surface area contributed by atoms with Crippen LogP contribution in [0.15, 0.2) is 91.5 Å². The molecule has 0 atom stereocenters. The van der Waals surface area contributed by atoms with Crippen molar-refractivity contribution in [1.29, 1.82) is 0 Å². The summed E-state index contributed by atoms with van der Waals surface area (Å²) in [5.41, 5.74) is 3.38. The number of anilines is 1. The average Bonchev–Trinajstić information content (AvgIpc) is 3.40. The van der Waals surface area contributed by atoms with Gasteiger partial charge in [-0.1, -0.05) is 18.2 Å². The number of methoxy groups -OCH3 is 1. The zero-order valence-corrected chi connectivity index (χ0v) is 18.8. The molecule has 1 aliphatic heterocycles. The Morgan fingerprint density at radius 1 is 0.971 bits per heavy atom. The molecule has 7 nitrogen and oxygen atoms in total. The normalized spacial score (nSPS) is 13.3. The highest BCUT2D eigenvalue weighted by molar-refractivity contribution is 5.96. The molecule has 5 rings (SSSR count). The van der Waals surface area contributed by atoms with E-state index in [4.69, 9.17) is 14.2 Å². The van der Waals surface area contributed by atoms with Crippen LogP contribution >= 0.6 is 0 Å². The van der Waals surface area contributed by atoms with Crippen LogP contribution in [0.2, 0.25) is 0 Å². The summed E-state index contributed by atoms with van der Waals surface area (Å²) in [6.07, 6.45) is 7.34. The monoisotopic (exact) mass is 455 g/mol. The van der Waals surface area contributed by atoms with Crippen LogP contribution in [0.4, 0.5) is 5.69 Å². The van der Waals surface area contributed by atoms with Crippen LogP contribution in [-0.4, -0.2) is 41.8 Å². The lowest BCUT2D eigenvalue weighted by Gasteiger charge is -2.41. The zero-order chi connectivity index (χ0) is 23.3. The van der Waals surface area contributed by atoms with Crippen LogP contribution in [0.3, 0.4) is 0 Å². The van der Waals surface area contributed by atoms with E-state index in [-0.39, 0.29) is 12.1 Å². The first-order chi connectivity index (χ1) is 16.7. The van der Waals surface area contributed by atoms with E-state index < -0.39 is 0 Å². The van der Waals surface area contributed by atoms with Crippen molar-refractivity contribution in [2.75, 3.05) is 25.1 Å². The fourth-order valence-corrected chi connectivity index (χ4v) is 3.98. The Morgan fingerprint density at radius 3 is 2.47 bits per heavy atom. The summed E-state index contributed by atoms with van der Waals surface area (Å²) in [6, 6.07) is 21.2. The van der Waals surface area contributed by atoms with Gasteiger partial charge in [-0.15, -0.1) is 0 Å². The molecule has 0 N–H and O–H groups in total. The summed E-state index contributed by atoms with van der Waals surface area (Å²) in [4.78, 5) is 18.6. The third kappa shape index (κ3) is 4.59. The van der Waals surface area contributed by atoms with Gasteiger partial charge in [0.15, 0.2) is 0 Å². The van der Waals surface area contributed by atoms with Gasteiger partial charge in [0.2, 0.25) is 0 Å². The lowest BCUT2D eigenvalue weighted by molar-refractivity contribution is 0.0600. The highest BCUT2D eigenvalue weighted by atomic mass is 16.5. The highest BCUT2D eigenvalue weighted by Crippen LogP contribution is 2.33. The molecule has 0 unspecified atom stereocenters. The van der Waals surface area contributed by atoms with Gasteiger partial charge in [-0.3, -0.25) is 4.98 Å². The van der Waals surface area contributed by atoms with E-state index in [2.05, 4.69) is 9.88 Å². The van der Waals surface area contributed by atoms with Crippen molar-refractivity contribution < 1.29 is 19.0 Å². The number of nitrogens with zero attached hydrogens (tertiary/aromatic N) is 3. The number of hydrogen-bond donors (Lipinski definition) is 0. The molecule has 7 heteroatoms. The summed E-state index contributed by atoms with van der Waals surface area (Å²) >= 11 is 0. The van der Waals surface area contributed by atoms with Crippen molar-refractivity contribution in [3.8, 4) is 17.2 Å².